The Kier molecular flexibility index (Phi) is 9.24. The number of hydrogen-bond donors (Lipinski definition) is 0. The van der Waals surface area contributed by atoms with Crippen molar-refractivity contribution < 1.29 is 32.2 Å². The van der Waals surface area contributed by atoms with Crippen LogP contribution in [-0.4, -0.2) is 75.6 Å². The molecule has 2 aliphatic carbocycles. The number of amides is 1. The average molecular weight is 673 g/mol. The monoisotopic (exact) mass is 672 g/mol. The van der Waals surface area contributed by atoms with Crippen LogP contribution in [0.4, 0.5) is 10.5 Å². The van der Waals surface area contributed by atoms with Crippen molar-refractivity contribution in [2.75, 3.05) is 43.4 Å². The molecule has 0 N–H and O–H groups in total. The summed E-state index contributed by atoms with van der Waals surface area (Å²) < 4.78 is 44.8. The lowest BCUT2D eigenvalue weighted by molar-refractivity contribution is -0.148. The number of carbonyl (C=O) groups excluding carboxylic acids is 2. The van der Waals surface area contributed by atoms with Gasteiger partial charge in [-0.05, 0) is 113 Å². The van der Waals surface area contributed by atoms with Crippen LogP contribution in [-0.2, 0) is 35.9 Å². The highest BCUT2D eigenvalue weighted by molar-refractivity contribution is 7.92. The molecule has 2 aromatic carbocycles. The first-order chi connectivity index (χ1) is 21.8. The van der Waals surface area contributed by atoms with E-state index in [9.17, 15) is 18.0 Å². The van der Waals surface area contributed by atoms with E-state index in [0.29, 0.717) is 44.2 Å². The normalized spacial score (nSPS) is 23.4. The van der Waals surface area contributed by atoms with Gasteiger partial charge in [-0.2, -0.15) is 0 Å². The number of benzene rings is 2. The van der Waals surface area contributed by atoms with E-state index in [-0.39, 0.29) is 16.9 Å². The predicted molar refractivity (Wildman–Crippen MR) is 177 cm³/mol. The van der Waals surface area contributed by atoms with E-state index in [1.165, 1.54) is 28.5 Å². The summed E-state index contributed by atoms with van der Waals surface area (Å²) in [6.45, 7) is 8.08. The van der Waals surface area contributed by atoms with Gasteiger partial charge < -0.3 is 24.0 Å². The number of aryl methyl sites for hydroxylation is 1. The predicted octanol–water partition coefficient (Wildman–Crippen LogP) is 6.33. The quantitative estimate of drug-likeness (QED) is 0.328. The molecule has 0 aromatic heterocycles. The minimum absolute atomic E-state index is 0.0659. The fourth-order valence-electron chi connectivity index (χ4n) is 7.26. The third-order valence-corrected chi connectivity index (χ3v) is 11.5. The van der Waals surface area contributed by atoms with Crippen LogP contribution in [0.3, 0.4) is 0 Å². The second-order valence-corrected chi connectivity index (χ2v) is 16.9. The largest absolute Gasteiger partial charge is 0.490 e. The van der Waals surface area contributed by atoms with Crippen LogP contribution in [0.2, 0.25) is 5.02 Å². The molecule has 1 saturated carbocycles. The number of anilines is 1. The molecular formula is C35H45ClN2O7S. The summed E-state index contributed by atoms with van der Waals surface area (Å²) >= 11 is 6.37. The number of fused-ring (bicyclic) bond motifs is 3. The fourth-order valence-corrected chi connectivity index (χ4v) is 8.57. The number of piperidine rings is 1. The van der Waals surface area contributed by atoms with Crippen molar-refractivity contribution in [2.45, 2.75) is 94.2 Å². The van der Waals surface area contributed by atoms with Crippen LogP contribution in [0.15, 0.2) is 41.3 Å². The van der Waals surface area contributed by atoms with Gasteiger partial charge >= 0.3 is 12.1 Å². The SMILES string of the molecule is CC(C)(C)OC(=O)N1CCC[C@H](OC(=O)CS(=O)(=O)c2ccc3c(c2)N(CC2CCC2)CC2(CCCc4cc(Cl)ccc42)CO3)C1. The highest BCUT2D eigenvalue weighted by atomic mass is 35.5. The summed E-state index contributed by atoms with van der Waals surface area (Å²) in [7, 11) is -4.02. The molecule has 1 amide bonds. The molecule has 46 heavy (non-hydrogen) atoms. The number of rotatable bonds is 6. The number of sulfone groups is 1. The van der Waals surface area contributed by atoms with Crippen LogP contribution < -0.4 is 9.64 Å². The maximum Gasteiger partial charge on any atom is 0.410 e. The maximum atomic E-state index is 13.6. The number of halogens is 1. The third kappa shape index (κ3) is 7.28. The van der Waals surface area contributed by atoms with E-state index < -0.39 is 39.4 Å². The average Bonchev–Trinajstić information content (AvgIpc) is 3.11. The van der Waals surface area contributed by atoms with E-state index in [0.717, 1.165) is 49.4 Å². The van der Waals surface area contributed by atoms with Gasteiger partial charge in [0.25, 0.3) is 0 Å². The number of ether oxygens (including phenoxy) is 3. The van der Waals surface area contributed by atoms with Crippen molar-refractivity contribution in [3.8, 4) is 5.75 Å². The van der Waals surface area contributed by atoms with Crippen LogP contribution in [0.5, 0.6) is 5.75 Å². The zero-order valence-corrected chi connectivity index (χ0v) is 28.6. The Balaban J connectivity index is 1.19. The first-order valence-electron chi connectivity index (χ1n) is 16.5. The summed E-state index contributed by atoms with van der Waals surface area (Å²) in [6, 6.07) is 11.1. The summed E-state index contributed by atoms with van der Waals surface area (Å²) in [5, 5.41) is 0.733. The molecule has 4 aliphatic rings. The van der Waals surface area contributed by atoms with E-state index in [2.05, 4.69) is 17.0 Å². The van der Waals surface area contributed by atoms with Gasteiger partial charge in [-0.25, -0.2) is 13.2 Å². The highest BCUT2D eigenvalue weighted by Gasteiger charge is 2.42. The van der Waals surface area contributed by atoms with E-state index >= 15 is 0 Å². The van der Waals surface area contributed by atoms with Crippen molar-refractivity contribution in [1.82, 2.24) is 4.90 Å². The zero-order chi connectivity index (χ0) is 32.7. The molecule has 2 heterocycles. The Labute approximate surface area is 277 Å². The molecule has 2 aliphatic heterocycles. The Morgan fingerprint density at radius 3 is 2.61 bits per heavy atom. The lowest BCUT2D eigenvalue weighted by Gasteiger charge is -2.42. The van der Waals surface area contributed by atoms with Crippen molar-refractivity contribution in [1.29, 1.82) is 0 Å². The topological polar surface area (TPSA) is 102 Å². The molecule has 2 aromatic rings. The van der Waals surface area contributed by atoms with Gasteiger partial charge in [0.1, 0.15) is 17.5 Å². The first-order valence-corrected chi connectivity index (χ1v) is 18.5. The second-order valence-electron chi connectivity index (χ2n) is 14.5. The number of esters is 1. The number of nitrogens with zero attached hydrogens (tertiary/aromatic N) is 2. The first kappa shape index (κ1) is 32.9. The van der Waals surface area contributed by atoms with Crippen molar-refractivity contribution >= 4 is 39.2 Å². The van der Waals surface area contributed by atoms with E-state index in [1.807, 2.05) is 6.07 Å². The molecule has 2 fully saturated rings. The van der Waals surface area contributed by atoms with Crippen molar-refractivity contribution in [3.63, 3.8) is 0 Å². The van der Waals surface area contributed by atoms with Crippen molar-refractivity contribution in [2.24, 2.45) is 5.92 Å². The van der Waals surface area contributed by atoms with Crippen LogP contribution in [0.25, 0.3) is 0 Å². The number of hydrogen-bond acceptors (Lipinski definition) is 8. The lowest BCUT2D eigenvalue weighted by atomic mass is 9.70. The highest BCUT2D eigenvalue weighted by Crippen LogP contribution is 2.45. The maximum absolute atomic E-state index is 13.6. The summed E-state index contributed by atoms with van der Waals surface area (Å²) in [4.78, 5) is 29.4. The zero-order valence-electron chi connectivity index (χ0n) is 27.1. The van der Waals surface area contributed by atoms with Crippen molar-refractivity contribution in [3.05, 3.63) is 52.5 Å². The Morgan fingerprint density at radius 2 is 1.87 bits per heavy atom. The molecule has 250 valence electrons. The molecule has 6 rings (SSSR count). The third-order valence-electron chi connectivity index (χ3n) is 9.71. The fraction of sp³-hybridized carbons (Fsp3) is 0.600. The number of carbonyl (C=O) groups is 2. The Bertz CT molecular complexity index is 1590. The smallest absolute Gasteiger partial charge is 0.410 e. The molecule has 1 unspecified atom stereocenters. The van der Waals surface area contributed by atoms with Gasteiger partial charge in [0.15, 0.2) is 15.6 Å². The molecule has 11 heteroatoms. The summed E-state index contributed by atoms with van der Waals surface area (Å²) in [6.07, 6.45) is 6.62. The minimum Gasteiger partial charge on any atom is -0.490 e. The molecule has 9 nitrogen and oxygen atoms in total. The van der Waals surface area contributed by atoms with Gasteiger partial charge in [-0.1, -0.05) is 24.1 Å². The van der Waals surface area contributed by atoms with Gasteiger partial charge in [0.2, 0.25) is 0 Å². The lowest BCUT2D eigenvalue weighted by Crippen LogP contribution is -2.47. The molecule has 0 bridgehead atoms. The van der Waals surface area contributed by atoms with Crippen LogP contribution >= 0.6 is 11.6 Å². The molecule has 1 saturated heterocycles. The van der Waals surface area contributed by atoms with E-state index in [1.54, 1.807) is 32.9 Å². The van der Waals surface area contributed by atoms with Gasteiger partial charge in [0, 0.05) is 30.1 Å². The Hall–Kier alpha value is -2.98. The van der Waals surface area contributed by atoms with Crippen LogP contribution in [0, 0.1) is 5.92 Å². The second kappa shape index (κ2) is 12.9. The number of likely N-dealkylation sites (tertiary alicyclic amines) is 1. The van der Waals surface area contributed by atoms with Gasteiger partial charge in [0.05, 0.1) is 23.7 Å². The molecule has 2 atom stereocenters. The summed E-state index contributed by atoms with van der Waals surface area (Å²) in [5.41, 5.74) is 2.39. The molecular weight excluding hydrogens is 628 g/mol. The van der Waals surface area contributed by atoms with E-state index in [4.69, 9.17) is 25.8 Å². The molecule has 0 radical (unpaired) electrons. The van der Waals surface area contributed by atoms with Gasteiger partial charge in [-0.3, -0.25) is 4.79 Å². The Morgan fingerprint density at radius 1 is 1.07 bits per heavy atom. The summed E-state index contributed by atoms with van der Waals surface area (Å²) in [5.74, 6) is -0.411. The standard InChI is InChI=1S/C35H45ClN2O7S/c1-34(2,3)45-33(40)37-16-6-10-27(20-37)44-32(39)21-46(41,42)28-12-14-31-30(18-28)38(19-24-7-4-8-24)22-35(23-43-31)15-5-9-25-17-26(36)11-13-29(25)35/h11-14,17-18,24,27H,4-10,15-16,19-23H2,1-3H3/t27-,35?/m0/s1. The molecule has 1 spiro atoms. The van der Waals surface area contributed by atoms with Crippen LogP contribution in [0.1, 0.15) is 76.8 Å². The minimum atomic E-state index is -4.02. The van der Waals surface area contributed by atoms with Gasteiger partial charge in [-0.15, -0.1) is 0 Å².